The second kappa shape index (κ2) is 13.6. The largest absolute Gasteiger partial charge is 0.483 e. The van der Waals surface area contributed by atoms with Crippen LogP contribution in [0.1, 0.15) is 50.3 Å². The van der Waals surface area contributed by atoms with Crippen LogP contribution in [-0.4, -0.2) is 35.9 Å². The molecule has 0 aromatic heterocycles. The summed E-state index contributed by atoms with van der Waals surface area (Å²) in [6.07, 6.45) is 0.348. The van der Waals surface area contributed by atoms with E-state index in [9.17, 15) is 14.0 Å². The summed E-state index contributed by atoms with van der Waals surface area (Å²) in [5.41, 5.74) is 2.68. The van der Waals surface area contributed by atoms with Crippen molar-refractivity contribution in [3.8, 4) is 5.75 Å². The van der Waals surface area contributed by atoms with Crippen LogP contribution in [0.2, 0.25) is 0 Å². The first kappa shape index (κ1) is 27.9. The number of carbonyl (C=O) groups excluding carboxylic acids is 2. The average Bonchev–Trinajstić information content (AvgIpc) is 2.89. The molecule has 0 aliphatic heterocycles. The molecule has 0 aliphatic rings. The van der Waals surface area contributed by atoms with E-state index in [0.717, 1.165) is 16.7 Å². The highest BCUT2D eigenvalue weighted by atomic mass is 19.1. The number of para-hydroxylation sites is 1. The van der Waals surface area contributed by atoms with Gasteiger partial charge in [0.25, 0.3) is 5.91 Å². The van der Waals surface area contributed by atoms with Gasteiger partial charge < -0.3 is 15.0 Å². The van der Waals surface area contributed by atoms with Crippen LogP contribution in [0.5, 0.6) is 5.75 Å². The van der Waals surface area contributed by atoms with Crippen LogP contribution in [0.15, 0.2) is 78.9 Å². The zero-order valence-corrected chi connectivity index (χ0v) is 22.1. The molecule has 0 fully saturated rings. The Morgan fingerprint density at radius 3 is 2.16 bits per heavy atom. The highest BCUT2D eigenvalue weighted by Crippen LogP contribution is 2.26. The topological polar surface area (TPSA) is 58.6 Å². The minimum atomic E-state index is -0.761. The molecule has 0 spiro atoms. The molecule has 2 amide bonds. The maximum atomic E-state index is 13.7. The van der Waals surface area contributed by atoms with Crippen molar-refractivity contribution in [2.45, 2.75) is 52.6 Å². The fourth-order valence-electron chi connectivity index (χ4n) is 4.07. The quantitative estimate of drug-likeness (QED) is 0.342. The number of nitrogens with zero attached hydrogens (tertiary/aromatic N) is 1. The van der Waals surface area contributed by atoms with Crippen LogP contribution in [-0.2, 0) is 22.6 Å². The summed E-state index contributed by atoms with van der Waals surface area (Å²) in [5.74, 6) is 0.244. The first-order valence-corrected chi connectivity index (χ1v) is 12.8. The Morgan fingerprint density at radius 1 is 0.865 bits per heavy atom. The van der Waals surface area contributed by atoms with E-state index in [-0.39, 0.29) is 42.6 Å². The highest BCUT2D eigenvalue weighted by Gasteiger charge is 2.31. The van der Waals surface area contributed by atoms with Crippen LogP contribution in [0.4, 0.5) is 4.39 Å². The van der Waals surface area contributed by atoms with Crippen molar-refractivity contribution in [3.05, 3.63) is 101 Å². The number of rotatable bonds is 12. The van der Waals surface area contributed by atoms with Gasteiger partial charge in [-0.3, -0.25) is 9.59 Å². The lowest BCUT2D eigenvalue weighted by molar-refractivity contribution is -0.142. The molecule has 0 aliphatic carbocycles. The summed E-state index contributed by atoms with van der Waals surface area (Å²) < 4.78 is 19.6. The van der Waals surface area contributed by atoms with Crippen molar-refractivity contribution in [2.24, 2.45) is 5.92 Å². The molecular weight excluding hydrogens is 467 g/mol. The minimum absolute atomic E-state index is 0.154. The number of benzene rings is 3. The Hall–Kier alpha value is -3.67. The maximum Gasteiger partial charge on any atom is 0.261 e. The number of hydrogen-bond acceptors (Lipinski definition) is 3. The van der Waals surface area contributed by atoms with Crippen molar-refractivity contribution in [1.82, 2.24) is 10.2 Å². The van der Waals surface area contributed by atoms with Gasteiger partial charge in [-0.25, -0.2) is 4.39 Å². The molecule has 0 saturated carbocycles. The Bertz CT molecular complexity index is 1150. The third-order valence-corrected chi connectivity index (χ3v) is 6.11. The molecule has 0 bridgehead atoms. The molecule has 0 saturated heterocycles. The van der Waals surface area contributed by atoms with E-state index < -0.39 is 6.04 Å². The molecule has 6 heteroatoms. The monoisotopic (exact) mass is 504 g/mol. The molecular formula is C31H37FN2O3. The number of nitrogens with one attached hydrogen (secondary N) is 1. The van der Waals surface area contributed by atoms with Crippen molar-refractivity contribution in [1.29, 1.82) is 0 Å². The summed E-state index contributed by atoms with van der Waals surface area (Å²) in [7, 11) is 0. The molecule has 1 unspecified atom stereocenters. The summed E-state index contributed by atoms with van der Waals surface area (Å²) in [6, 6.07) is 22.5. The number of hydrogen-bond donors (Lipinski definition) is 1. The van der Waals surface area contributed by atoms with Crippen molar-refractivity contribution >= 4 is 11.8 Å². The molecule has 0 radical (unpaired) electrons. The molecule has 1 N–H and O–H groups in total. The van der Waals surface area contributed by atoms with Gasteiger partial charge in [0.15, 0.2) is 6.61 Å². The van der Waals surface area contributed by atoms with E-state index in [0.29, 0.717) is 18.7 Å². The molecule has 196 valence electrons. The summed E-state index contributed by atoms with van der Waals surface area (Å²) in [4.78, 5) is 28.7. The molecule has 3 aromatic carbocycles. The van der Waals surface area contributed by atoms with Gasteiger partial charge >= 0.3 is 0 Å². The lowest BCUT2D eigenvalue weighted by Gasteiger charge is -2.32. The highest BCUT2D eigenvalue weighted by molar-refractivity contribution is 5.88. The summed E-state index contributed by atoms with van der Waals surface area (Å²) in [5, 5.41) is 3.00. The number of halogens is 1. The lowest BCUT2D eigenvalue weighted by atomic mass is 10.0. The fourth-order valence-corrected chi connectivity index (χ4v) is 4.07. The van der Waals surface area contributed by atoms with Crippen LogP contribution in [0.3, 0.4) is 0 Å². The molecule has 5 nitrogen and oxygen atoms in total. The van der Waals surface area contributed by atoms with Gasteiger partial charge in [-0.2, -0.15) is 0 Å². The van der Waals surface area contributed by atoms with Gasteiger partial charge in [0.05, 0.1) is 0 Å². The normalized spacial score (nSPS) is 11.9. The number of amides is 2. The van der Waals surface area contributed by atoms with E-state index in [1.54, 1.807) is 17.0 Å². The van der Waals surface area contributed by atoms with Crippen molar-refractivity contribution in [3.63, 3.8) is 0 Å². The summed E-state index contributed by atoms with van der Waals surface area (Å²) >= 11 is 0. The van der Waals surface area contributed by atoms with E-state index in [1.165, 1.54) is 12.1 Å². The van der Waals surface area contributed by atoms with Crippen LogP contribution in [0, 0.1) is 11.7 Å². The fraction of sp³-hybridized carbons (Fsp3) is 0.355. The average molecular weight is 505 g/mol. The first-order chi connectivity index (χ1) is 17.7. The van der Waals surface area contributed by atoms with Gasteiger partial charge in [0, 0.05) is 19.5 Å². The van der Waals surface area contributed by atoms with Gasteiger partial charge in [0.2, 0.25) is 5.91 Å². The van der Waals surface area contributed by atoms with Gasteiger partial charge in [-0.05, 0) is 46.7 Å². The predicted octanol–water partition coefficient (Wildman–Crippen LogP) is 5.74. The van der Waals surface area contributed by atoms with Gasteiger partial charge in [-0.1, -0.05) is 88.4 Å². The van der Waals surface area contributed by atoms with Crippen molar-refractivity contribution in [2.75, 3.05) is 13.2 Å². The first-order valence-electron chi connectivity index (χ1n) is 12.8. The van der Waals surface area contributed by atoms with Gasteiger partial charge in [0.1, 0.15) is 17.6 Å². The van der Waals surface area contributed by atoms with Crippen LogP contribution < -0.4 is 10.1 Å². The van der Waals surface area contributed by atoms with Crippen molar-refractivity contribution < 1.29 is 18.7 Å². The predicted molar refractivity (Wildman–Crippen MR) is 145 cm³/mol. The third kappa shape index (κ3) is 8.45. The summed E-state index contributed by atoms with van der Waals surface area (Å²) in [6.45, 7) is 8.62. The van der Waals surface area contributed by atoms with Crippen LogP contribution in [0.25, 0.3) is 0 Å². The van der Waals surface area contributed by atoms with E-state index in [4.69, 9.17) is 4.74 Å². The molecule has 1 atom stereocenters. The SMILES string of the molecule is CC(C)CNC(=O)C(Cc1ccccc1)N(Cc1ccc(F)cc1)C(=O)COc1ccccc1C(C)C. The zero-order chi connectivity index (χ0) is 26.8. The number of carbonyl (C=O) groups is 2. The Balaban J connectivity index is 1.91. The second-order valence-corrected chi connectivity index (χ2v) is 9.97. The van der Waals surface area contributed by atoms with Crippen LogP contribution >= 0.6 is 0 Å². The molecule has 37 heavy (non-hydrogen) atoms. The van der Waals surface area contributed by atoms with E-state index >= 15 is 0 Å². The maximum absolute atomic E-state index is 13.7. The second-order valence-electron chi connectivity index (χ2n) is 9.97. The minimum Gasteiger partial charge on any atom is -0.483 e. The molecule has 3 aromatic rings. The number of ether oxygens (including phenoxy) is 1. The zero-order valence-electron chi connectivity index (χ0n) is 22.1. The Labute approximate surface area is 219 Å². The van der Waals surface area contributed by atoms with E-state index in [2.05, 4.69) is 19.2 Å². The Kier molecular flexibility index (Phi) is 10.2. The smallest absolute Gasteiger partial charge is 0.261 e. The Morgan fingerprint density at radius 2 is 1.51 bits per heavy atom. The molecule has 0 heterocycles. The third-order valence-electron chi connectivity index (χ3n) is 6.11. The van der Waals surface area contributed by atoms with E-state index in [1.807, 2.05) is 68.4 Å². The molecule has 3 rings (SSSR count). The van der Waals surface area contributed by atoms with Gasteiger partial charge in [-0.15, -0.1) is 0 Å². The lowest BCUT2D eigenvalue weighted by Crippen LogP contribution is -2.52. The standard InChI is InChI=1S/C31H37FN2O3/c1-22(2)19-33-31(36)28(18-24-10-6-5-7-11-24)34(20-25-14-16-26(32)17-15-25)30(35)21-37-29-13-9-8-12-27(29)23(3)4/h5-17,22-23,28H,18-21H2,1-4H3,(H,33,36).